The normalized spacial score (nSPS) is 21.1. The second-order valence-corrected chi connectivity index (χ2v) is 7.40. The molecule has 2 nitrogen and oxygen atoms in total. The van der Waals surface area contributed by atoms with Gasteiger partial charge in [0.25, 0.3) is 0 Å². The van der Waals surface area contributed by atoms with Crippen LogP contribution in [0.5, 0.6) is 0 Å². The third-order valence-corrected chi connectivity index (χ3v) is 5.13. The Morgan fingerprint density at radius 2 is 2.25 bits per heavy atom. The van der Waals surface area contributed by atoms with Gasteiger partial charge in [-0.25, -0.2) is 0 Å². The summed E-state index contributed by atoms with van der Waals surface area (Å²) in [4.78, 5) is 2.90. The molecule has 1 aliphatic rings. The summed E-state index contributed by atoms with van der Waals surface area (Å²) in [5.74, 6) is 0. The van der Waals surface area contributed by atoms with Crippen molar-refractivity contribution in [2.75, 3.05) is 13.2 Å². The van der Waals surface area contributed by atoms with E-state index in [0.717, 1.165) is 13.2 Å². The summed E-state index contributed by atoms with van der Waals surface area (Å²) in [5, 5.41) is 3.73. The van der Waals surface area contributed by atoms with Crippen LogP contribution in [0.4, 0.5) is 0 Å². The van der Waals surface area contributed by atoms with Gasteiger partial charge in [-0.2, -0.15) is 0 Å². The summed E-state index contributed by atoms with van der Waals surface area (Å²) in [6.45, 7) is 8.77. The second-order valence-electron chi connectivity index (χ2n) is 5.94. The van der Waals surface area contributed by atoms with E-state index in [4.69, 9.17) is 4.74 Å². The standard InChI is InChI=1S/C17H29NOS/c1-4-10-18-17(16-12-13(2)20-14(16)3)9-8-15-7-5-6-11-19-15/h12,15,17-18H,4-11H2,1-3H3. The molecule has 0 radical (unpaired) electrons. The Hall–Kier alpha value is -0.380. The van der Waals surface area contributed by atoms with Crippen LogP contribution in [0.15, 0.2) is 6.07 Å². The van der Waals surface area contributed by atoms with Gasteiger partial charge in [0.1, 0.15) is 0 Å². The number of aryl methyl sites for hydroxylation is 2. The van der Waals surface area contributed by atoms with Gasteiger partial charge in [-0.15, -0.1) is 11.3 Å². The largest absolute Gasteiger partial charge is 0.378 e. The number of ether oxygens (including phenoxy) is 1. The molecule has 1 aliphatic heterocycles. The molecule has 0 spiro atoms. The highest BCUT2D eigenvalue weighted by atomic mass is 32.1. The zero-order valence-electron chi connectivity index (χ0n) is 13.2. The predicted octanol–water partition coefficient (Wildman–Crippen LogP) is 4.75. The molecular formula is C17H29NOS. The van der Waals surface area contributed by atoms with Gasteiger partial charge in [-0.3, -0.25) is 0 Å². The van der Waals surface area contributed by atoms with E-state index in [2.05, 4.69) is 32.2 Å². The lowest BCUT2D eigenvalue weighted by atomic mass is 9.97. The van der Waals surface area contributed by atoms with Gasteiger partial charge < -0.3 is 10.1 Å². The molecule has 1 N–H and O–H groups in total. The zero-order valence-corrected chi connectivity index (χ0v) is 14.0. The number of hydrogen-bond acceptors (Lipinski definition) is 3. The van der Waals surface area contributed by atoms with Gasteiger partial charge in [0.2, 0.25) is 0 Å². The van der Waals surface area contributed by atoms with Crippen LogP contribution in [0.1, 0.15) is 66.8 Å². The monoisotopic (exact) mass is 295 g/mol. The van der Waals surface area contributed by atoms with Crippen molar-refractivity contribution in [1.82, 2.24) is 5.32 Å². The molecule has 1 saturated heterocycles. The molecule has 0 aromatic carbocycles. The fraction of sp³-hybridized carbons (Fsp3) is 0.765. The van der Waals surface area contributed by atoms with Crippen LogP contribution in [-0.2, 0) is 4.74 Å². The van der Waals surface area contributed by atoms with Gasteiger partial charge >= 0.3 is 0 Å². The molecule has 2 rings (SSSR count). The van der Waals surface area contributed by atoms with Gasteiger partial charge in [-0.1, -0.05) is 6.92 Å². The first kappa shape index (κ1) is 16.0. The number of thiophene rings is 1. The van der Waals surface area contributed by atoms with E-state index in [-0.39, 0.29) is 0 Å². The third-order valence-electron chi connectivity index (χ3n) is 4.15. The highest BCUT2D eigenvalue weighted by Gasteiger charge is 2.19. The minimum absolute atomic E-state index is 0.495. The Morgan fingerprint density at radius 3 is 2.85 bits per heavy atom. The lowest BCUT2D eigenvalue weighted by Gasteiger charge is -2.25. The average molecular weight is 295 g/mol. The summed E-state index contributed by atoms with van der Waals surface area (Å²) in [5.41, 5.74) is 1.51. The third kappa shape index (κ3) is 4.57. The van der Waals surface area contributed by atoms with E-state index in [9.17, 15) is 0 Å². The molecule has 1 fully saturated rings. The summed E-state index contributed by atoms with van der Waals surface area (Å²) in [6, 6.07) is 2.88. The maximum atomic E-state index is 5.88. The van der Waals surface area contributed by atoms with Crippen LogP contribution in [0, 0.1) is 13.8 Å². The molecule has 2 atom stereocenters. The van der Waals surface area contributed by atoms with Crippen LogP contribution in [0.25, 0.3) is 0 Å². The van der Waals surface area contributed by atoms with Crippen LogP contribution in [0.2, 0.25) is 0 Å². The molecule has 3 heteroatoms. The first-order chi connectivity index (χ1) is 9.70. The Labute approximate surface area is 127 Å². The van der Waals surface area contributed by atoms with Crippen LogP contribution in [-0.4, -0.2) is 19.3 Å². The highest BCUT2D eigenvalue weighted by molar-refractivity contribution is 7.12. The topological polar surface area (TPSA) is 21.3 Å². The number of nitrogens with one attached hydrogen (secondary N) is 1. The fourth-order valence-electron chi connectivity index (χ4n) is 3.07. The summed E-state index contributed by atoms with van der Waals surface area (Å²) in [7, 11) is 0. The first-order valence-electron chi connectivity index (χ1n) is 8.12. The van der Waals surface area contributed by atoms with Crippen molar-refractivity contribution in [3.05, 3.63) is 21.4 Å². The molecule has 0 amide bonds. The minimum Gasteiger partial charge on any atom is -0.378 e. The van der Waals surface area contributed by atoms with Gasteiger partial charge in [0, 0.05) is 22.4 Å². The van der Waals surface area contributed by atoms with Gasteiger partial charge in [-0.05, 0) is 70.5 Å². The van der Waals surface area contributed by atoms with Gasteiger partial charge in [0.15, 0.2) is 0 Å². The Balaban J connectivity index is 1.94. The van der Waals surface area contributed by atoms with Gasteiger partial charge in [0.05, 0.1) is 6.10 Å². The van der Waals surface area contributed by atoms with E-state index in [0.29, 0.717) is 12.1 Å². The molecule has 20 heavy (non-hydrogen) atoms. The molecule has 0 bridgehead atoms. The molecule has 0 saturated carbocycles. The maximum absolute atomic E-state index is 5.88. The summed E-state index contributed by atoms with van der Waals surface area (Å²) in [6.07, 6.45) is 7.92. The Morgan fingerprint density at radius 1 is 1.40 bits per heavy atom. The van der Waals surface area contributed by atoms with Crippen molar-refractivity contribution in [2.45, 2.75) is 71.4 Å². The molecule has 114 valence electrons. The summed E-state index contributed by atoms with van der Waals surface area (Å²) < 4.78 is 5.88. The molecule has 1 aromatic rings. The van der Waals surface area contributed by atoms with Crippen LogP contribution >= 0.6 is 11.3 Å². The number of hydrogen-bond donors (Lipinski definition) is 1. The smallest absolute Gasteiger partial charge is 0.0575 e. The van der Waals surface area contributed by atoms with Crippen molar-refractivity contribution in [1.29, 1.82) is 0 Å². The van der Waals surface area contributed by atoms with E-state index < -0.39 is 0 Å². The lowest BCUT2D eigenvalue weighted by molar-refractivity contribution is 0.00854. The van der Waals surface area contributed by atoms with Crippen molar-refractivity contribution in [3.8, 4) is 0 Å². The molecule has 1 aromatic heterocycles. The molecule has 2 heterocycles. The Kier molecular flexibility index (Phi) is 6.53. The van der Waals surface area contributed by atoms with E-state index in [1.54, 1.807) is 0 Å². The van der Waals surface area contributed by atoms with Crippen molar-refractivity contribution in [3.63, 3.8) is 0 Å². The molecule has 0 aliphatic carbocycles. The Bertz CT molecular complexity index is 396. The fourth-order valence-corrected chi connectivity index (χ4v) is 4.06. The predicted molar refractivity (Wildman–Crippen MR) is 87.7 cm³/mol. The lowest BCUT2D eigenvalue weighted by Crippen LogP contribution is -2.25. The van der Waals surface area contributed by atoms with Crippen LogP contribution < -0.4 is 5.32 Å². The molecular weight excluding hydrogens is 266 g/mol. The highest BCUT2D eigenvalue weighted by Crippen LogP contribution is 2.30. The van der Waals surface area contributed by atoms with Crippen molar-refractivity contribution >= 4 is 11.3 Å². The minimum atomic E-state index is 0.495. The van der Waals surface area contributed by atoms with E-state index in [1.807, 2.05) is 11.3 Å². The average Bonchev–Trinajstić information content (AvgIpc) is 2.79. The van der Waals surface area contributed by atoms with E-state index in [1.165, 1.54) is 53.8 Å². The maximum Gasteiger partial charge on any atom is 0.0575 e. The second kappa shape index (κ2) is 8.16. The SMILES string of the molecule is CCCNC(CCC1CCCCO1)c1cc(C)sc1C. The van der Waals surface area contributed by atoms with E-state index >= 15 is 0 Å². The number of rotatable bonds is 7. The van der Waals surface area contributed by atoms with Crippen molar-refractivity contribution in [2.24, 2.45) is 0 Å². The van der Waals surface area contributed by atoms with Crippen molar-refractivity contribution < 1.29 is 4.74 Å². The summed E-state index contributed by atoms with van der Waals surface area (Å²) >= 11 is 1.92. The first-order valence-corrected chi connectivity index (χ1v) is 8.94. The quantitative estimate of drug-likeness (QED) is 0.783. The zero-order chi connectivity index (χ0) is 14.4. The van der Waals surface area contributed by atoms with Crippen LogP contribution in [0.3, 0.4) is 0 Å². The molecule has 2 unspecified atom stereocenters.